The van der Waals surface area contributed by atoms with Crippen LogP contribution in [0.1, 0.15) is 44.0 Å². The second-order valence-electron chi connectivity index (χ2n) is 7.10. The molecule has 1 aliphatic rings. The number of nitrogens with zero attached hydrogens (tertiary/aromatic N) is 3. The number of aromatic nitrogens is 2. The third kappa shape index (κ3) is 5.32. The van der Waals surface area contributed by atoms with E-state index in [2.05, 4.69) is 18.8 Å². The van der Waals surface area contributed by atoms with Gasteiger partial charge < -0.3 is 4.74 Å². The van der Waals surface area contributed by atoms with Crippen LogP contribution in [0, 0.1) is 5.82 Å². The number of ether oxygens (including phenoxy) is 1. The Morgan fingerprint density at radius 3 is 2.69 bits per heavy atom. The lowest BCUT2D eigenvalue weighted by atomic mass is 10.2. The van der Waals surface area contributed by atoms with Crippen LogP contribution in [0.5, 0.6) is 0 Å². The van der Waals surface area contributed by atoms with Gasteiger partial charge in [0.25, 0.3) is 0 Å². The van der Waals surface area contributed by atoms with Crippen molar-refractivity contribution in [3.63, 3.8) is 0 Å². The second-order valence-corrected chi connectivity index (χ2v) is 10.0. The summed E-state index contributed by atoms with van der Waals surface area (Å²) < 4.78 is 23.3. The summed E-state index contributed by atoms with van der Waals surface area (Å²) in [5.41, 5.74) is 0.00641. The van der Waals surface area contributed by atoms with Gasteiger partial charge in [0, 0.05) is 18.8 Å². The molecular weight excluding hydrogens is 437 g/mol. The van der Waals surface area contributed by atoms with Crippen LogP contribution >= 0.6 is 34.7 Å². The van der Waals surface area contributed by atoms with Crippen molar-refractivity contribution in [2.45, 2.75) is 58.1 Å². The Bertz CT molecular complexity index is 1030. The monoisotopic (exact) mass is 459 g/mol. The lowest BCUT2D eigenvalue weighted by molar-refractivity contribution is 0.0386. The molecule has 6 nitrogen and oxygen atoms in total. The summed E-state index contributed by atoms with van der Waals surface area (Å²) in [5, 5.41) is 0.392. The zero-order chi connectivity index (χ0) is 21.1. The third-order valence-corrected chi connectivity index (χ3v) is 6.85. The molecule has 0 fully saturated rings. The number of carbonyl (C=O) groups is 1. The smallest absolute Gasteiger partial charge is 0.340 e. The highest BCUT2D eigenvalue weighted by molar-refractivity contribution is 7.99. The summed E-state index contributed by atoms with van der Waals surface area (Å²) in [6, 6.07) is 2.34. The first-order valence-corrected chi connectivity index (χ1v) is 11.7. The minimum Gasteiger partial charge on any atom is -0.458 e. The van der Waals surface area contributed by atoms with E-state index in [4.69, 9.17) is 16.3 Å². The molecule has 2 heterocycles. The highest BCUT2D eigenvalue weighted by atomic mass is 35.5. The number of rotatable bonds is 6. The van der Waals surface area contributed by atoms with Crippen molar-refractivity contribution < 1.29 is 13.9 Å². The zero-order valence-corrected chi connectivity index (χ0v) is 18.9. The first kappa shape index (κ1) is 22.1. The quantitative estimate of drug-likeness (QED) is 0.607. The maximum atomic E-state index is 14.5. The molecule has 10 heteroatoms. The molecule has 0 radical (unpaired) electrons. The lowest BCUT2D eigenvalue weighted by Crippen LogP contribution is -2.31. The Hall–Kier alpha value is -1.58. The first-order valence-electron chi connectivity index (χ1n) is 9.43. The van der Waals surface area contributed by atoms with Crippen LogP contribution in [0.15, 0.2) is 21.9 Å². The maximum absolute atomic E-state index is 14.5. The summed E-state index contributed by atoms with van der Waals surface area (Å²) in [6.07, 6.45) is 1.54. The molecule has 29 heavy (non-hydrogen) atoms. The fraction of sp³-hybridized carbons (Fsp3) is 0.526. The molecule has 0 saturated heterocycles. The highest BCUT2D eigenvalue weighted by Crippen LogP contribution is 2.27. The highest BCUT2D eigenvalue weighted by Gasteiger charge is 2.20. The van der Waals surface area contributed by atoms with Crippen LogP contribution < -0.4 is 9.67 Å². The molecule has 0 spiro atoms. The molecule has 3 rings (SSSR count). The number of carbonyl (C=O) groups excluding carboxylic acids is 1. The Labute approximate surface area is 181 Å². The number of esters is 1. The van der Waals surface area contributed by atoms with E-state index < -0.39 is 11.8 Å². The van der Waals surface area contributed by atoms with Crippen LogP contribution in [0.25, 0.3) is 0 Å². The molecule has 2 aromatic rings. The van der Waals surface area contributed by atoms with Crippen molar-refractivity contribution in [2.75, 3.05) is 5.75 Å². The number of halogens is 2. The van der Waals surface area contributed by atoms with Gasteiger partial charge in [0.05, 0.1) is 10.6 Å². The summed E-state index contributed by atoms with van der Waals surface area (Å²) in [5.74, 6) is -0.630. The van der Waals surface area contributed by atoms with E-state index in [0.717, 1.165) is 30.2 Å². The number of hydrogen-bond donors (Lipinski definition) is 0. The molecule has 1 aromatic heterocycles. The molecule has 1 aromatic carbocycles. The van der Waals surface area contributed by atoms with E-state index in [-0.39, 0.29) is 27.3 Å². The van der Waals surface area contributed by atoms with Gasteiger partial charge in [0.1, 0.15) is 17.6 Å². The van der Waals surface area contributed by atoms with Crippen LogP contribution in [0.3, 0.4) is 0 Å². The molecular formula is C19H23ClFN3O3S2. The van der Waals surface area contributed by atoms with Gasteiger partial charge >= 0.3 is 10.8 Å². The van der Waals surface area contributed by atoms with Gasteiger partial charge in [-0.3, -0.25) is 9.48 Å². The third-order valence-electron chi connectivity index (χ3n) is 4.34. The van der Waals surface area contributed by atoms with Crippen molar-refractivity contribution in [2.24, 2.45) is 4.99 Å². The molecule has 0 amide bonds. The molecule has 1 atom stereocenters. The normalized spacial score (nSPS) is 15.4. The standard InChI is InChI=1S/C19H23ClFN3O3S2/c1-11(2)28-10-12(3)27-17(25)13-8-16(15(21)9-14(13)20)22-18-23-6-4-5-7-24(23)19(26)29-18/h8-9,11-12H,4-7,10H2,1-3H3. The molecule has 0 bridgehead atoms. The van der Waals surface area contributed by atoms with Crippen LogP contribution in [-0.4, -0.2) is 32.4 Å². The number of hydrogen-bond acceptors (Lipinski definition) is 6. The molecule has 0 saturated carbocycles. The average Bonchev–Trinajstić information content (AvgIpc) is 2.98. The summed E-state index contributed by atoms with van der Waals surface area (Å²) in [7, 11) is 0. The van der Waals surface area contributed by atoms with Gasteiger partial charge in [0.2, 0.25) is 4.80 Å². The largest absolute Gasteiger partial charge is 0.458 e. The predicted octanol–water partition coefficient (Wildman–Crippen LogP) is 4.22. The number of thioether (sulfide) groups is 1. The lowest BCUT2D eigenvalue weighted by Gasteiger charge is -2.16. The number of fused-ring (bicyclic) bond motifs is 1. The fourth-order valence-electron chi connectivity index (χ4n) is 2.91. The van der Waals surface area contributed by atoms with Crippen molar-refractivity contribution in [1.82, 2.24) is 9.36 Å². The Morgan fingerprint density at radius 2 is 2.00 bits per heavy atom. The fourth-order valence-corrected chi connectivity index (χ4v) is 4.75. The molecule has 1 aliphatic heterocycles. The summed E-state index contributed by atoms with van der Waals surface area (Å²) in [6.45, 7) is 7.20. The number of benzene rings is 1. The van der Waals surface area contributed by atoms with Gasteiger partial charge in [-0.2, -0.15) is 11.8 Å². The van der Waals surface area contributed by atoms with Crippen molar-refractivity contribution in [3.8, 4) is 0 Å². The maximum Gasteiger partial charge on any atom is 0.340 e. The van der Waals surface area contributed by atoms with Crippen LogP contribution in [-0.2, 0) is 17.8 Å². The predicted molar refractivity (Wildman–Crippen MR) is 115 cm³/mol. The van der Waals surface area contributed by atoms with Crippen LogP contribution in [0.4, 0.5) is 10.1 Å². The Balaban J connectivity index is 1.91. The van der Waals surface area contributed by atoms with Crippen LogP contribution in [0.2, 0.25) is 5.02 Å². The van der Waals surface area contributed by atoms with Gasteiger partial charge in [-0.05, 0) is 48.5 Å². The minimum atomic E-state index is -0.661. The van der Waals surface area contributed by atoms with E-state index >= 15 is 0 Å². The van der Waals surface area contributed by atoms with E-state index in [1.165, 1.54) is 6.07 Å². The zero-order valence-electron chi connectivity index (χ0n) is 16.5. The topological polar surface area (TPSA) is 65.6 Å². The molecule has 0 aliphatic carbocycles. The van der Waals surface area contributed by atoms with E-state index in [1.54, 1.807) is 28.0 Å². The first-order chi connectivity index (χ1) is 13.8. The van der Waals surface area contributed by atoms with Crippen molar-refractivity contribution in [1.29, 1.82) is 0 Å². The van der Waals surface area contributed by atoms with E-state index in [0.29, 0.717) is 28.9 Å². The Kier molecular flexibility index (Phi) is 7.23. The van der Waals surface area contributed by atoms with Gasteiger partial charge in [-0.25, -0.2) is 18.9 Å². The van der Waals surface area contributed by atoms with Gasteiger partial charge in [0.15, 0.2) is 0 Å². The van der Waals surface area contributed by atoms with Gasteiger partial charge in [-0.1, -0.05) is 25.4 Å². The van der Waals surface area contributed by atoms with E-state index in [1.807, 2.05) is 0 Å². The summed E-state index contributed by atoms with van der Waals surface area (Å²) in [4.78, 5) is 29.2. The molecule has 1 unspecified atom stereocenters. The molecule has 158 valence electrons. The van der Waals surface area contributed by atoms with Gasteiger partial charge in [-0.15, -0.1) is 0 Å². The van der Waals surface area contributed by atoms with E-state index in [9.17, 15) is 14.0 Å². The average molecular weight is 460 g/mol. The molecule has 0 N–H and O–H groups in total. The van der Waals surface area contributed by atoms with Crippen molar-refractivity contribution in [3.05, 3.63) is 43.0 Å². The SMILES string of the molecule is CC(CSC(C)C)OC(=O)c1cc(N=c2sc(=O)n3n2CCCC3)c(F)cc1Cl. The Morgan fingerprint density at radius 1 is 1.31 bits per heavy atom. The summed E-state index contributed by atoms with van der Waals surface area (Å²) >= 11 is 8.72. The minimum absolute atomic E-state index is 0.0325. The second kappa shape index (κ2) is 9.49. The van der Waals surface area contributed by atoms with Crippen molar-refractivity contribution >= 4 is 46.4 Å².